The van der Waals surface area contributed by atoms with Crippen LogP contribution in [0.4, 0.5) is 0 Å². The summed E-state index contributed by atoms with van der Waals surface area (Å²) < 4.78 is 5.45. The zero-order valence-corrected chi connectivity index (χ0v) is 12.6. The van der Waals surface area contributed by atoms with Crippen molar-refractivity contribution in [3.8, 4) is 0 Å². The first-order valence-electron chi connectivity index (χ1n) is 7.85. The van der Waals surface area contributed by atoms with Gasteiger partial charge in [-0.1, -0.05) is 41.9 Å². The molecule has 1 unspecified atom stereocenters. The Morgan fingerprint density at radius 2 is 2.05 bits per heavy atom. The van der Waals surface area contributed by atoms with E-state index < -0.39 is 0 Å². The molecule has 1 atom stereocenters. The van der Waals surface area contributed by atoms with Crippen LogP contribution in [0.5, 0.6) is 0 Å². The van der Waals surface area contributed by atoms with Crippen LogP contribution < -0.4 is 5.73 Å². The number of benzene rings is 1. The van der Waals surface area contributed by atoms with Crippen molar-refractivity contribution in [2.75, 3.05) is 0 Å². The Bertz CT molecular complexity index is 573. The first-order chi connectivity index (χ1) is 10.2. The van der Waals surface area contributed by atoms with Crippen molar-refractivity contribution < 1.29 is 4.52 Å². The fourth-order valence-electron chi connectivity index (χ4n) is 3.05. The van der Waals surface area contributed by atoms with Gasteiger partial charge in [0.25, 0.3) is 0 Å². The molecular weight excluding hydrogens is 262 g/mol. The van der Waals surface area contributed by atoms with Crippen molar-refractivity contribution in [1.29, 1.82) is 0 Å². The largest absolute Gasteiger partial charge is 0.339 e. The minimum atomic E-state index is -0.0236. The van der Waals surface area contributed by atoms with E-state index in [1.807, 2.05) is 13.0 Å². The highest BCUT2D eigenvalue weighted by molar-refractivity contribution is 5.35. The Morgan fingerprint density at radius 1 is 1.29 bits per heavy atom. The van der Waals surface area contributed by atoms with E-state index in [9.17, 15) is 0 Å². The summed E-state index contributed by atoms with van der Waals surface area (Å²) in [6, 6.07) is 10.8. The molecule has 1 aliphatic rings. The highest BCUT2D eigenvalue weighted by Crippen LogP contribution is 2.47. The summed E-state index contributed by atoms with van der Waals surface area (Å²) in [5.74, 6) is 1.60. The lowest BCUT2D eigenvalue weighted by Gasteiger charge is -2.39. The number of nitrogens with zero attached hydrogens (tertiary/aromatic N) is 2. The van der Waals surface area contributed by atoms with Crippen LogP contribution in [0.25, 0.3) is 0 Å². The van der Waals surface area contributed by atoms with Crippen LogP contribution in [-0.2, 0) is 11.8 Å². The van der Waals surface area contributed by atoms with Crippen LogP contribution in [0.1, 0.15) is 56.3 Å². The maximum Gasteiger partial charge on any atom is 0.226 e. The molecule has 0 aliphatic heterocycles. The lowest BCUT2D eigenvalue weighted by atomic mass is 9.64. The molecule has 0 saturated heterocycles. The lowest BCUT2D eigenvalue weighted by molar-refractivity contribution is 0.270. The highest BCUT2D eigenvalue weighted by Gasteiger charge is 2.44. The zero-order chi connectivity index (χ0) is 14.7. The number of rotatable bonds is 6. The first-order valence-corrected chi connectivity index (χ1v) is 7.85. The third-order valence-corrected chi connectivity index (χ3v) is 4.48. The van der Waals surface area contributed by atoms with Crippen molar-refractivity contribution in [3.05, 3.63) is 47.6 Å². The van der Waals surface area contributed by atoms with Crippen LogP contribution in [-0.4, -0.2) is 16.2 Å². The Balaban J connectivity index is 1.75. The van der Waals surface area contributed by atoms with Crippen molar-refractivity contribution in [1.82, 2.24) is 10.1 Å². The van der Waals surface area contributed by atoms with Crippen molar-refractivity contribution >= 4 is 0 Å². The van der Waals surface area contributed by atoms with E-state index in [0.29, 0.717) is 0 Å². The minimum absolute atomic E-state index is 0.0236. The predicted octanol–water partition coefficient (Wildman–Crippen LogP) is 3.21. The number of nitrogens with two attached hydrogens (primary N) is 1. The number of hydrogen-bond acceptors (Lipinski definition) is 4. The molecule has 21 heavy (non-hydrogen) atoms. The normalized spacial score (nSPS) is 18.2. The molecule has 1 aromatic carbocycles. The molecule has 1 aliphatic carbocycles. The predicted molar refractivity (Wildman–Crippen MR) is 82.0 cm³/mol. The number of hydrogen-bond donors (Lipinski definition) is 1. The third-order valence-electron chi connectivity index (χ3n) is 4.48. The summed E-state index contributed by atoms with van der Waals surface area (Å²) in [6.45, 7) is 2.03. The maximum atomic E-state index is 5.77. The molecule has 2 aromatic rings. The standard InChI is InChI=1S/C17H23N3O/c1-13(18)7-5-10-15-19-16(20-21-15)17(11-6-12-17)14-8-3-2-4-9-14/h2-4,8-9,13H,5-7,10-12,18H2,1H3. The monoisotopic (exact) mass is 285 g/mol. The van der Waals surface area contributed by atoms with Gasteiger partial charge < -0.3 is 10.3 Å². The molecule has 0 spiro atoms. The second kappa shape index (κ2) is 5.98. The van der Waals surface area contributed by atoms with Gasteiger partial charge in [0.15, 0.2) is 5.82 Å². The van der Waals surface area contributed by atoms with E-state index in [0.717, 1.165) is 43.8 Å². The summed E-state index contributed by atoms with van der Waals surface area (Å²) in [4.78, 5) is 4.66. The second-order valence-electron chi connectivity index (χ2n) is 6.18. The topological polar surface area (TPSA) is 64.9 Å². The molecule has 0 bridgehead atoms. The van der Waals surface area contributed by atoms with Gasteiger partial charge in [0.2, 0.25) is 5.89 Å². The third kappa shape index (κ3) is 2.86. The molecule has 0 amide bonds. The van der Waals surface area contributed by atoms with Crippen LogP contribution in [0.2, 0.25) is 0 Å². The molecule has 1 saturated carbocycles. The van der Waals surface area contributed by atoms with E-state index in [-0.39, 0.29) is 11.5 Å². The summed E-state index contributed by atoms with van der Waals surface area (Å²) in [5, 5.41) is 4.27. The van der Waals surface area contributed by atoms with Crippen molar-refractivity contribution in [2.24, 2.45) is 5.73 Å². The second-order valence-corrected chi connectivity index (χ2v) is 6.18. The van der Waals surface area contributed by atoms with Gasteiger partial charge in [-0.05, 0) is 38.2 Å². The Labute approximate surface area is 125 Å². The SMILES string of the molecule is CC(N)CCCc1nc(C2(c3ccccc3)CCC2)no1. The molecule has 1 aromatic heterocycles. The molecule has 1 fully saturated rings. The van der Waals surface area contributed by atoms with Gasteiger partial charge in [-0.15, -0.1) is 0 Å². The molecule has 1 heterocycles. The fourth-order valence-corrected chi connectivity index (χ4v) is 3.05. The number of aromatic nitrogens is 2. The van der Waals surface area contributed by atoms with E-state index in [1.165, 1.54) is 12.0 Å². The minimum Gasteiger partial charge on any atom is -0.339 e. The smallest absolute Gasteiger partial charge is 0.226 e. The Hall–Kier alpha value is -1.68. The van der Waals surface area contributed by atoms with Crippen molar-refractivity contribution in [3.63, 3.8) is 0 Å². The molecule has 4 nitrogen and oxygen atoms in total. The van der Waals surface area contributed by atoms with E-state index in [4.69, 9.17) is 10.3 Å². The Morgan fingerprint density at radius 3 is 2.67 bits per heavy atom. The summed E-state index contributed by atoms with van der Waals surface area (Å²) >= 11 is 0. The average Bonchev–Trinajstić information content (AvgIpc) is 2.87. The summed E-state index contributed by atoms with van der Waals surface area (Å²) in [7, 11) is 0. The van der Waals surface area contributed by atoms with Crippen LogP contribution >= 0.6 is 0 Å². The fraction of sp³-hybridized carbons (Fsp3) is 0.529. The maximum absolute atomic E-state index is 5.77. The molecule has 0 radical (unpaired) electrons. The zero-order valence-electron chi connectivity index (χ0n) is 12.6. The van der Waals surface area contributed by atoms with Gasteiger partial charge in [-0.25, -0.2) is 0 Å². The molecular formula is C17H23N3O. The molecule has 3 rings (SSSR count). The molecule has 4 heteroatoms. The van der Waals surface area contributed by atoms with Crippen LogP contribution in [0.15, 0.2) is 34.9 Å². The van der Waals surface area contributed by atoms with Crippen LogP contribution in [0.3, 0.4) is 0 Å². The first kappa shape index (κ1) is 14.3. The van der Waals surface area contributed by atoms with Gasteiger partial charge in [0, 0.05) is 12.5 Å². The average molecular weight is 285 g/mol. The summed E-state index contributed by atoms with van der Waals surface area (Å²) in [6.07, 6.45) is 6.24. The van der Waals surface area contributed by atoms with Crippen LogP contribution in [0, 0.1) is 0 Å². The van der Waals surface area contributed by atoms with Crippen molar-refractivity contribution in [2.45, 2.75) is 56.9 Å². The highest BCUT2D eigenvalue weighted by atomic mass is 16.5. The Kier molecular flexibility index (Phi) is 4.06. The van der Waals surface area contributed by atoms with Gasteiger partial charge in [0.05, 0.1) is 5.41 Å². The molecule has 2 N–H and O–H groups in total. The quantitative estimate of drug-likeness (QED) is 0.885. The van der Waals surface area contributed by atoms with E-state index >= 15 is 0 Å². The summed E-state index contributed by atoms with van der Waals surface area (Å²) in [5.41, 5.74) is 7.05. The van der Waals surface area contributed by atoms with Gasteiger partial charge >= 0.3 is 0 Å². The van der Waals surface area contributed by atoms with Gasteiger partial charge in [-0.3, -0.25) is 0 Å². The van der Waals surface area contributed by atoms with Gasteiger partial charge in [-0.2, -0.15) is 4.98 Å². The van der Waals surface area contributed by atoms with Gasteiger partial charge in [0.1, 0.15) is 0 Å². The lowest BCUT2D eigenvalue weighted by Crippen LogP contribution is -2.36. The van der Waals surface area contributed by atoms with E-state index in [1.54, 1.807) is 0 Å². The van der Waals surface area contributed by atoms with E-state index in [2.05, 4.69) is 34.4 Å². The number of aryl methyl sites for hydroxylation is 1. The molecule has 112 valence electrons.